The van der Waals surface area contributed by atoms with E-state index in [2.05, 4.69) is 4.99 Å². The zero-order valence-electron chi connectivity index (χ0n) is 10.1. The average molecular weight is 325 g/mol. The van der Waals surface area contributed by atoms with E-state index in [1.807, 2.05) is 6.07 Å². The van der Waals surface area contributed by atoms with E-state index in [1.54, 1.807) is 42.5 Å². The molecule has 0 atom stereocenters. The maximum absolute atomic E-state index is 12.4. The first-order chi connectivity index (χ1) is 9.50. The van der Waals surface area contributed by atoms with Crippen molar-refractivity contribution in [2.75, 3.05) is 0 Å². The predicted octanol–water partition coefficient (Wildman–Crippen LogP) is 4.83. The first kappa shape index (κ1) is 13.6. The fourth-order valence-electron chi connectivity index (χ4n) is 2.08. The van der Waals surface area contributed by atoms with Crippen molar-refractivity contribution in [1.29, 1.82) is 0 Å². The zero-order chi connectivity index (χ0) is 14.3. The summed E-state index contributed by atoms with van der Waals surface area (Å²) in [7, 11) is 0. The molecule has 1 aliphatic heterocycles. The highest BCUT2D eigenvalue weighted by atomic mass is 35.5. The molecule has 0 saturated carbocycles. The number of nitrogens with zero attached hydrogens (tertiary/aromatic N) is 1. The molecule has 0 fully saturated rings. The highest BCUT2D eigenvalue weighted by molar-refractivity contribution is 6.72. The molecule has 0 unspecified atom stereocenters. The molecule has 100 valence electrons. The van der Waals surface area contributed by atoms with Crippen LogP contribution in [-0.4, -0.2) is 15.8 Å². The number of ketones is 1. The molecular weight excluding hydrogens is 317 g/mol. The third-order valence-corrected chi connectivity index (χ3v) is 4.03. The zero-order valence-corrected chi connectivity index (χ0v) is 12.4. The molecule has 2 aromatic carbocycles. The molecule has 3 rings (SSSR count). The Morgan fingerprint density at radius 2 is 1.60 bits per heavy atom. The van der Waals surface area contributed by atoms with Crippen molar-refractivity contribution in [2.45, 2.75) is 4.33 Å². The minimum Gasteiger partial charge on any atom is -0.290 e. The molecule has 1 heterocycles. The maximum Gasteiger partial charge on any atom is 0.222 e. The maximum atomic E-state index is 12.4. The first-order valence-electron chi connectivity index (χ1n) is 5.87. The number of fused-ring (bicyclic) bond motifs is 1. The predicted molar refractivity (Wildman–Crippen MR) is 82.9 cm³/mol. The van der Waals surface area contributed by atoms with Crippen molar-refractivity contribution >= 4 is 52.0 Å². The van der Waals surface area contributed by atoms with Gasteiger partial charge in [-0.05, 0) is 29.8 Å². The molecule has 5 heteroatoms. The van der Waals surface area contributed by atoms with Gasteiger partial charge in [-0.15, -0.1) is 0 Å². The Balaban J connectivity index is 2.21. The Kier molecular flexibility index (Phi) is 3.33. The van der Waals surface area contributed by atoms with Gasteiger partial charge in [-0.25, -0.2) is 4.99 Å². The van der Waals surface area contributed by atoms with E-state index >= 15 is 0 Å². The summed E-state index contributed by atoms with van der Waals surface area (Å²) in [4.78, 5) is 16.9. The second-order valence-electron chi connectivity index (χ2n) is 4.39. The number of rotatable bonds is 1. The number of para-hydroxylation sites is 1. The average Bonchev–Trinajstić information content (AvgIpc) is 2.44. The van der Waals surface area contributed by atoms with Gasteiger partial charge in [0, 0.05) is 10.6 Å². The van der Waals surface area contributed by atoms with E-state index in [-0.39, 0.29) is 5.78 Å². The number of hydrogen-bond acceptors (Lipinski definition) is 2. The Morgan fingerprint density at radius 3 is 2.30 bits per heavy atom. The van der Waals surface area contributed by atoms with E-state index in [0.29, 0.717) is 27.5 Å². The van der Waals surface area contributed by atoms with Crippen LogP contribution < -0.4 is 0 Å². The van der Waals surface area contributed by atoms with E-state index in [0.717, 1.165) is 0 Å². The lowest BCUT2D eigenvalue weighted by molar-refractivity contribution is 0.0992. The van der Waals surface area contributed by atoms with Gasteiger partial charge in [-0.2, -0.15) is 0 Å². The third kappa shape index (κ3) is 2.14. The topological polar surface area (TPSA) is 29.4 Å². The van der Waals surface area contributed by atoms with Gasteiger partial charge < -0.3 is 0 Å². The summed E-state index contributed by atoms with van der Waals surface area (Å²) < 4.78 is -1.69. The van der Waals surface area contributed by atoms with Crippen molar-refractivity contribution in [3.8, 4) is 0 Å². The third-order valence-electron chi connectivity index (χ3n) is 3.08. The molecule has 20 heavy (non-hydrogen) atoms. The lowest BCUT2D eigenvalue weighted by atomic mass is 9.95. The number of carbonyl (C=O) groups excluding carboxylic acids is 1. The van der Waals surface area contributed by atoms with Crippen LogP contribution in [0.5, 0.6) is 0 Å². The normalized spacial score (nSPS) is 16.6. The summed E-state index contributed by atoms with van der Waals surface area (Å²) in [6.07, 6.45) is 0. The first-order valence-corrected chi connectivity index (χ1v) is 7.00. The Labute approximate surface area is 131 Å². The number of hydrogen-bond donors (Lipinski definition) is 0. The molecule has 0 bridgehead atoms. The van der Waals surface area contributed by atoms with E-state index < -0.39 is 4.33 Å². The van der Waals surface area contributed by atoms with Crippen LogP contribution in [0, 0.1) is 0 Å². The highest BCUT2D eigenvalue weighted by Crippen LogP contribution is 2.39. The van der Waals surface area contributed by atoms with Gasteiger partial charge in [0.15, 0.2) is 0 Å². The molecule has 0 amide bonds. The van der Waals surface area contributed by atoms with Crippen LogP contribution in [0.4, 0.5) is 5.69 Å². The van der Waals surface area contributed by atoms with Crippen molar-refractivity contribution in [3.05, 3.63) is 64.7 Å². The molecule has 1 aliphatic rings. The molecule has 0 aromatic heterocycles. The van der Waals surface area contributed by atoms with Crippen molar-refractivity contribution in [3.63, 3.8) is 0 Å². The Bertz CT molecular complexity index is 720. The van der Waals surface area contributed by atoms with Crippen molar-refractivity contribution in [1.82, 2.24) is 0 Å². The van der Waals surface area contributed by atoms with Crippen LogP contribution in [0.3, 0.4) is 0 Å². The summed E-state index contributed by atoms with van der Waals surface area (Å²) >= 11 is 18.3. The second kappa shape index (κ2) is 4.88. The minimum absolute atomic E-state index is 0.321. The molecule has 0 aliphatic carbocycles. The molecule has 0 spiro atoms. The smallest absolute Gasteiger partial charge is 0.222 e. The van der Waals surface area contributed by atoms with Gasteiger partial charge in [0.1, 0.15) is 0 Å². The number of halogens is 3. The quantitative estimate of drug-likeness (QED) is 0.691. The minimum atomic E-state index is -1.69. The Hall–Kier alpha value is -1.35. The number of alkyl halides is 2. The van der Waals surface area contributed by atoms with E-state index in [1.165, 1.54) is 0 Å². The molecule has 2 nitrogen and oxygen atoms in total. The number of aliphatic imine (C=N–C) groups is 1. The highest BCUT2D eigenvalue weighted by Gasteiger charge is 2.44. The summed E-state index contributed by atoms with van der Waals surface area (Å²) in [5.74, 6) is -0.364. The van der Waals surface area contributed by atoms with Gasteiger partial charge in [0.2, 0.25) is 10.1 Å². The van der Waals surface area contributed by atoms with Gasteiger partial charge in [-0.1, -0.05) is 59.1 Å². The second-order valence-corrected chi connectivity index (χ2v) is 6.15. The van der Waals surface area contributed by atoms with Crippen LogP contribution in [0.25, 0.3) is 0 Å². The van der Waals surface area contributed by atoms with Crippen LogP contribution in [-0.2, 0) is 0 Å². The van der Waals surface area contributed by atoms with Gasteiger partial charge in [0.25, 0.3) is 0 Å². The summed E-state index contributed by atoms with van der Waals surface area (Å²) in [6, 6.07) is 13.9. The number of Topliss-reactive ketones (excluding diaryl/α,β-unsaturated/α-hetero) is 1. The summed E-state index contributed by atoms with van der Waals surface area (Å²) in [6.45, 7) is 0. The van der Waals surface area contributed by atoms with Crippen molar-refractivity contribution in [2.24, 2.45) is 4.99 Å². The standard InChI is InChI=1S/C15H8Cl3NO/c16-10-7-5-9(6-8-10)13-15(17,18)14(20)11-3-1-2-4-12(11)19-13/h1-8H. The molecule has 0 N–H and O–H groups in total. The number of carbonyl (C=O) groups is 1. The summed E-state index contributed by atoms with van der Waals surface area (Å²) in [5.41, 5.74) is 1.98. The monoisotopic (exact) mass is 323 g/mol. The van der Waals surface area contributed by atoms with Gasteiger partial charge in [0.05, 0.1) is 11.4 Å². The fraction of sp³-hybridized carbons (Fsp3) is 0.0667. The van der Waals surface area contributed by atoms with Crippen LogP contribution in [0.2, 0.25) is 5.02 Å². The number of benzene rings is 2. The van der Waals surface area contributed by atoms with Crippen LogP contribution in [0.1, 0.15) is 15.9 Å². The van der Waals surface area contributed by atoms with Crippen molar-refractivity contribution < 1.29 is 4.79 Å². The van der Waals surface area contributed by atoms with Gasteiger partial charge >= 0.3 is 0 Å². The molecule has 2 aromatic rings. The largest absolute Gasteiger partial charge is 0.290 e. The van der Waals surface area contributed by atoms with Crippen LogP contribution >= 0.6 is 34.8 Å². The SMILES string of the molecule is O=C1c2ccccc2N=C(c2ccc(Cl)cc2)C1(Cl)Cl. The lowest BCUT2D eigenvalue weighted by Crippen LogP contribution is -2.38. The van der Waals surface area contributed by atoms with E-state index in [9.17, 15) is 4.79 Å². The van der Waals surface area contributed by atoms with Crippen LogP contribution in [0.15, 0.2) is 53.5 Å². The molecule has 0 radical (unpaired) electrons. The molecule has 0 saturated heterocycles. The Morgan fingerprint density at radius 1 is 0.950 bits per heavy atom. The molecular formula is C15H8Cl3NO. The van der Waals surface area contributed by atoms with E-state index in [4.69, 9.17) is 34.8 Å². The lowest BCUT2D eigenvalue weighted by Gasteiger charge is -2.26. The summed E-state index contributed by atoms with van der Waals surface area (Å²) in [5, 5.41) is 0.589. The van der Waals surface area contributed by atoms with Gasteiger partial charge in [-0.3, -0.25) is 4.79 Å². The fourth-order valence-corrected chi connectivity index (χ4v) is 2.72.